The molecule has 0 spiro atoms. The van der Waals surface area contributed by atoms with Gasteiger partial charge in [0, 0.05) is 32.7 Å². The van der Waals surface area contributed by atoms with Crippen LogP contribution in [0.25, 0.3) is 0 Å². The van der Waals surface area contributed by atoms with Gasteiger partial charge in [-0.05, 0) is 5.56 Å². The Bertz CT molecular complexity index is 618. The molecule has 0 aliphatic carbocycles. The lowest BCUT2D eigenvalue weighted by Gasteiger charge is -2.21. The molecular formula is C15H20N6O2. The molecule has 1 amide bonds. The van der Waals surface area contributed by atoms with Gasteiger partial charge in [0.15, 0.2) is 5.82 Å². The molecule has 1 aromatic heterocycles. The highest BCUT2D eigenvalue weighted by atomic mass is 16.3. The van der Waals surface area contributed by atoms with Crippen molar-refractivity contribution in [1.82, 2.24) is 30.4 Å². The molecule has 122 valence electrons. The Hall–Kier alpha value is -2.32. The molecule has 0 bridgehead atoms. The Morgan fingerprint density at radius 3 is 2.83 bits per heavy atom. The van der Waals surface area contributed by atoms with Crippen LogP contribution in [0.15, 0.2) is 30.3 Å². The predicted molar refractivity (Wildman–Crippen MR) is 82.2 cm³/mol. The number of aromatic nitrogens is 4. The van der Waals surface area contributed by atoms with E-state index >= 15 is 0 Å². The highest BCUT2D eigenvalue weighted by Gasteiger charge is 2.25. The zero-order valence-corrected chi connectivity index (χ0v) is 12.8. The summed E-state index contributed by atoms with van der Waals surface area (Å²) in [5.41, 5.74) is 1.20. The third kappa shape index (κ3) is 4.33. The molecule has 1 fully saturated rings. The summed E-state index contributed by atoms with van der Waals surface area (Å²) >= 11 is 0. The molecule has 1 aromatic carbocycles. The van der Waals surface area contributed by atoms with Crippen LogP contribution >= 0.6 is 0 Å². The van der Waals surface area contributed by atoms with E-state index in [1.807, 2.05) is 18.2 Å². The number of benzene rings is 1. The maximum Gasteiger partial charge on any atom is 0.230 e. The summed E-state index contributed by atoms with van der Waals surface area (Å²) in [5.74, 6) is 0.280. The lowest BCUT2D eigenvalue weighted by Crippen LogP contribution is -2.38. The smallest absolute Gasteiger partial charge is 0.230 e. The van der Waals surface area contributed by atoms with Crippen LogP contribution in [-0.4, -0.2) is 73.7 Å². The van der Waals surface area contributed by atoms with Crippen LogP contribution in [-0.2, 0) is 17.8 Å². The minimum atomic E-state index is -0.560. The molecule has 0 saturated carbocycles. The number of β-amino-alcohol motifs (C(OH)–C–C–N with tert-alkyl or cyclic N) is 1. The topological polar surface area (TPSA) is 98.2 Å². The molecule has 3 rings (SSSR count). The molecule has 2 N–H and O–H groups in total. The number of aromatic amines is 1. The molecule has 1 saturated heterocycles. The number of amides is 1. The van der Waals surface area contributed by atoms with Crippen molar-refractivity contribution < 1.29 is 9.90 Å². The first-order valence-electron chi connectivity index (χ1n) is 7.65. The van der Waals surface area contributed by atoms with E-state index in [4.69, 9.17) is 0 Å². The number of carbonyl (C=O) groups excluding carboxylic acids is 1. The third-order valence-corrected chi connectivity index (χ3v) is 3.89. The van der Waals surface area contributed by atoms with Crippen LogP contribution in [0.1, 0.15) is 11.4 Å². The summed E-state index contributed by atoms with van der Waals surface area (Å²) in [4.78, 5) is 16.1. The average Bonchev–Trinajstić information content (AvgIpc) is 2.97. The Kier molecular flexibility index (Phi) is 4.94. The molecule has 2 aromatic rings. The van der Waals surface area contributed by atoms with Crippen LogP contribution in [0, 0.1) is 0 Å². The highest BCUT2D eigenvalue weighted by molar-refractivity contribution is 5.78. The van der Waals surface area contributed by atoms with Crippen LogP contribution in [0.4, 0.5) is 0 Å². The molecule has 1 aliphatic heterocycles. The summed E-state index contributed by atoms with van der Waals surface area (Å²) in [6, 6.07) is 10.1. The van der Waals surface area contributed by atoms with Crippen LogP contribution in [0.2, 0.25) is 0 Å². The monoisotopic (exact) mass is 316 g/mol. The van der Waals surface area contributed by atoms with Crippen molar-refractivity contribution in [3.8, 4) is 0 Å². The molecule has 23 heavy (non-hydrogen) atoms. The quantitative estimate of drug-likeness (QED) is 0.785. The molecule has 8 heteroatoms. The standard InChI is InChI=1S/C15H20N6O2/c22-13-10-20(9-12-4-2-1-3-5-12)6-7-21(11-13)15(23)8-14-16-18-19-17-14/h1-5,13,22H,6-11H2,(H,16,17,18,19)/t13-/m0/s1. The number of rotatable bonds is 4. The Morgan fingerprint density at radius 2 is 2.09 bits per heavy atom. The van der Waals surface area contributed by atoms with Crippen molar-refractivity contribution in [1.29, 1.82) is 0 Å². The second-order valence-electron chi connectivity index (χ2n) is 5.72. The number of hydrogen-bond donors (Lipinski definition) is 2. The molecule has 2 heterocycles. The van der Waals surface area contributed by atoms with Gasteiger partial charge < -0.3 is 10.0 Å². The molecule has 0 unspecified atom stereocenters. The van der Waals surface area contributed by atoms with Crippen molar-refractivity contribution in [2.24, 2.45) is 0 Å². The lowest BCUT2D eigenvalue weighted by atomic mass is 10.2. The molecule has 8 nitrogen and oxygen atoms in total. The second kappa shape index (κ2) is 7.30. The largest absolute Gasteiger partial charge is 0.390 e. The minimum Gasteiger partial charge on any atom is -0.390 e. The second-order valence-corrected chi connectivity index (χ2v) is 5.72. The summed E-state index contributed by atoms with van der Waals surface area (Å²) in [6.45, 7) is 2.97. The van der Waals surface area contributed by atoms with E-state index < -0.39 is 6.10 Å². The van der Waals surface area contributed by atoms with E-state index in [-0.39, 0.29) is 12.3 Å². The SMILES string of the molecule is O=C(Cc1nn[nH]n1)N1CCN(Cc2ccccc2)C[C@H](O)C1. The number of hydrogen-bond acceptors (Lipinski definition) is 6. The number of nitrogens with zero attached hydrogens (tertiary/aromatic N) is 5. The van der Waals surface area contributed by atoms with Crippen LogP contribution in [0.5, 0.6) is 0 Å². The first-order chi connectivity index (χ1) is 11.2. The zero-order chi connectivity index (χ0) is 16.1. The van der Waals surface area contributed by atoms with Crippen molar-refractivity contribution in [2.75, 3.05) is 26.2 Å². The van der Waals surface area contributed by atoms with Crippen molar-refractivity contribution in [3.05, 3.63) is 41.7 Å². The van der Waals surface area contributed by atoms with Crippen LogP contribution in [0.3, 0.4) is 0 Å². The van der Waals surface area contributed by atoms with Crippen LogP contribution < -0.4 is 0 Å². The van der Waals surface area contributed by atoms with E-state index in [0.717, 1.165) is 13.1 Å². The summed E-state index contributed by atoms with van der Waals surface area (Å²) < 4.78 is 0. The Labute approximate surface area is 134 Å². The van der Waals surface area contributed by atoms with E-state index in [0.29, 0.717) is 25.5 Å². The molecule has 1 atom stereocenters. The normalized spacial score (nSPS) is 19.5. The molecule has 0 radical (unpaired) electrons. The van der Waals surface area contributed by atoms with Gasteiger partial charge in [-0.2, -0.15) is 5.21 Å². The van der Waals surface area contributed by atoms with E-state index in [9.17, 15) is 9.90 Å². The van der Waals surface area contributed by atoms with Gasteiger partial charge in [-0.15, -0.1) is 10.2 Å². The van der Waals surface area contributed by atoms with Gasteiger partial charge in [0.05, 0.1) is 12.5 Å². The number of aliphatic hydroxyl groups excluding tert-OH is 1. The fourth-order valence-corrected chi connectivity index (χ4v) is 2.77. The van der Waals surface area contributed by atoms with Crippen molar-refractivity contribution >= 4 is 5.91 Å². The third-order valence-electron chi connectivity index (χ3n) is 3.89. The van der Waals surface area contributed by atoms with Gasteiger partial charge >= 0.3 is 0 Å². The van der Waals surface area contributed by atoms with Gasteiger partial charge in [-0.25, -0.2) is 0 Å². The van der Waals surface area contributed by atoms with Crippen molar-refractivity contribution in [2.45, 2.75) is 19.1 Å². The number of H-pyrrole nitrogens is 1. The maximum absolute atomic E-state index is 12.3. The maximum atomic E-state index is 12.3. The van der Waals surface area contributed by atoms with Gasteiger partial charge in [-0.3, -0.25) is 9.69 Å². The first kappa shape index (κ1) is 15.6. The van der Waals surface area contributed by atoms with E-state index in [1.165, 1.54) is 5.56 Å². The van der Waals surface area contributed by atoms with Gasteiger partial charge in [0.2, 0.25) is 5.91 Å². The minimum absolute atomic E-state index is 0.0907. The predicted octanol–water partition coefficient (Wildman–Crippen LogP) is -0.552. The number of carbonyl (C=O) groups is 1. The highest BCUT2D eigenvalue weighted by Crippen LogP contribution is 2.10. The first-order valence-corrected chi connectivity index (χ1v) is 7.65. The van der Waals surface area contributed by atoms with Crippen molar-refractivity contribution in [3.63, 3.8) is 0 Å². The summed E-state index contributed by atoms with van der Waals surface area (Å²) in [5, 5.41) is 23.6. The Morgan fingerprint density at radius 1 is 1.26 bits per heavy atom. The number of nitrogens with one attached hydrogen (secondary N) is 1. The van der Waals surface area contributed by atoms with Gasteiger partial charge in [0.1, 0.15) is 0 Å². The average molecular weight is 316 g/mol. The molecule has 1 aliphatic rings. The Balaban J connectivity index is 1.58. The summed E-state index contributed by atoms with van der Waals surface area (Å²) in [7, 11) is 0. The number of aliphatic hydroxyl groups is 1. The van der Waals surface area contributed by atoms with E-state index in [1.54, 1.807) is 4.90 Å². The zero-order valence-electron chi connectivity index (χ0n) is 12.8. The molecular weight excluding hydrogens is 296 g/mol. The van der Waals surface area contributed by atoms with Gasteiger partial charge in [-0.1, -0.05) is 35.5 Å². The van der Waals surface area contributed by atoms with E-state index in [2.05, 4.69) is 37.7 Å². The fraction of sp³-hybridized carbons (Fsp3) is 0.467. The summed E-state index contributed by atoms with van der Waals surface area (Å²) in [6.07, 6.45) is -0.461. The van der Waals surface area contributed by atoms with Gasteiger partial charge in [0.25, 0.3) is 0 Å². The fourth-order valence-electron chi connectivity index (χ4n) is 2.77. The lowest BCUT2D eigenvalue weighted by molar-refractivity contribution is -0.131. The number of tetrazole rings is 1.